The second-order valence-corrected chi connectivity index (χ2v) is 6.61. The van der Waals surface area contributed by atoms with E-state index in [1.807, 2.05) is 42.6 Å². The zero-order valence-electron chi connectivity index (χ0n) is 9.57. The molecule has 1 nitrogen and oxygen atoms in total. The SMILES string of the molecule is Cc1cc(C(=O)c2csc3ccccc23)sc1Cl. The van der Waals surface area contributed by atoms with E-state index in [9.17, 15) is 4.79 Å². The molecule has 0 saturated carbocycles. The first-order valence-corrected chi connectivity index (χ1v) is 7.51. The van der Waals surface area contributed by atoms with Gasteiger partial charge in [0.1, 0.15) is 0 Å². The highest BCUT2D eigenvalue weighted by Gasteiger charge is 2.17. The van der Waals surface area contributed by atoms with Gasteiger partial charge in [-0.2, -0.15) is 0 Å². The van der Waals surface area contributed by atoms with Gasteiger partial charge >= 0.3 is 0 Å². The molecule has 0 saturated heterocycles. The third-order valence-electron chi connectivity index (χ3n) is 2.81. The van der Waals surface area contributed by atoms with Crippen LogP contribution in [-0.4, -0.2) is 5.78 Å². The van der Waals surface area contributed by atoms with Crippen molar-refractivity contribution in [2.45, 2.75) is 6.92 Å². The summed E-state index contributed by atoms with van der Waals surface area (Å²) in [4.78, 5) is 13.2. The highest BCUT2D eigenvalue weighted by atomic mass is 35.5. The number of ketones is 1. The van der Waals surface area contributed by atoms with Crippen molar-refractivity contribution in [2.24, 2.45) is 0 Å². The van der Waals surface area contributed by atoms with Crippen molar-refractivity contribution < 1.29 is 4.79 Å². The molecule has 2 heterocycles. The van der Waals surface area contributed by atoms with Crippen molar-refractivity contribution in [1.82, 2.24) is 0 Å². The quantitative estimate of drug-likeness (QED) is 0.597. The predicted octanol–water partition coefficient (Wildman–Crippen LogP) is 5.16. The summed E-state index contributed by atoms with van der Waals surface area (Å²) < 4.78 is 1.83. The molecule has 0 aliphatic heterocycles. The minimum absolute atomic E-state index is 0.0625. The zero-order chi connectivity index (χ0) is 12.7. The molecule has 0 amide bonds. The summed E-state index contributed by atoms with van der Waals surface area (Å²) >= 11 is 8.97. The molecule has 3 aromatic rings. The van der Waals surface area contributed by atoms with Crippen LogP contribution in [0.4, 0.5) is 0 Å². The van der Waals surface area contributed by atoms with Crippen LogP contribution >= 0.6 is 34.3 Å². The van der Waals surface area contributed by atoms with Gasteiger partial charge in [-0.3, -0.25) is 4.79 Å². The highest BCUT2D eigenvalue weighted by molar-refractivity contribution is 7.19. The first-order chi connectivity index (χ1) is 8.66. The lowest BCUT2D eigenvalue weighted by atomic mass is 10.1. The average molecular weight is 293 g/mol. The van der Waals surface area contributed by atoms with Crippen LogP contribution in [0.1, 0.15) is 20.8 Å². The molecule has 0 atom stereocenters. The summed E-state index contributed by atoms with van der Waals surface area (Å²) in [5.41, 5.74) is 1.73. The molecule has 0 radical (unpaired) electrons. The van der Waals surface area contributed by atoms with Gasteiger partial charge in [0.15, 0.2) is 0 Å². The van der Waals surface area contributed by atoms with Gasteiger partial charge in [-0.05, 0) is 24.6 Å². The number of benzene rings is 1. The van der Waals surface area contributed by atoms with Crippen LogP contribution in [-0.2, 0) is 0 Å². The van der Waals surface area contributed by atoms with E-state index in [0.717, 1.165) is 21.2 Å². The Kier molecular flexibility index (Phi) is 2.98. The van der Waals surface area contributed by atoms with Crippen molar-refractivity contribution in [1.29, 1.82) is 0 Å². The maximum atomic E-state index is 12.4. The lowest BCUT2D eigenvalue weighted by Gasteiger charge is -1.95. The number of halogens is 1. The fourth-order valence-corrected chi connectivity index (χ4v) is 3.95. The minimum Gasteiger partial charge on any atom is -0.288 e. The second-order valence-electron chi connectivity index (χ2n) is 4.04. The van der Waals surface area contributed by atoms with Crippen LogP contribution in [0.2, 0.25) is 4.34 Å². The molecule has 2 aromatic heterocycles. The van der Waals surface area contributed by atoms with Crippen LogP contribution < -0.4 is 0 Å². The molecule has 90 valence electrons. The van der Waals surface area contributed by atoms with Crippen LogP contribution in [0.15, 0.2) is 35.7 Å². The van der Waals surface area contributed by atoms with Crippen molar-refractivity contribution in [3.05, 3.63) is 56.1 Å². The molecular weight excluding hydrogens is 284 g/mol. The van der Waals surface area contributed by atoms with E-state index in [1.165, 1.54) is 11.3 Å². The first kappa shape index (κ1) is 11.9. The number of rotatable bonds is 2. The van der Waals surface area contributed by atoms with E-state index >= 15 is 0 Å². The fraction of sp³-hybridized carbons (Fsp3) is 0.0714. The van der Waals surface area contributed by atoms with Crippen LogP contribution in [0.25, 0.3) is 10.1 Å². The van der Waals surface area contributed by atoms with Crippen LogP contribution in [0.5, 0.6) is 0 Å². The minimum atomic E-state index is 0.0625. The van der Waals surface area contributed by atoms with Crippen molar-refractivity contribution in [3.8, 4) is 0 Å². The second kappa shape index (κ2) is 4.50. The smallest absolute Gasteiger partial charge is 0.204 e. The number of thiophene rings is 2. The van der Waals surface area contributed by atoms with Crippen LogP contribution in [0, 0.1) is 6.92 Å². The zero-order valence-corrected chi connectivity index (χ0v) is 12.0. The number of fused-ring (bicyclic) bond motifs is 1. The Morgan fingerprint density at radius 1 is 1.28 bits per heavy atom. The molecule has 0 aliphatic carbocycles. The topological polar surface area (TPSA) is 17.1 Å². The van der Waals surface area contributed by atoms with Gasteiger partial charge < -0.3 is 0 Å². The maximum Gasteiger partial charge on any atom is 0.204 e. The third-order valence-corrected chi connectivity index (χ3v) is 5.32. The van der Waals surface area contributed by atoms with Crippen molar-refractivity contribution >= 4 is 50.1 Å². The van der Waals surface area contributed by atoms with Gasteiger partial charge in [0.2, 0.25) is 5.78 Å². The Balaban J connectivity index is 2.12. The largest absolute Gasteiger partial charge is 0.288 e. The molecule has 0 unspecified atom stereocenters. The Hall–Kier alpha value is -1.16. The van der Waals surface area contributed by atoms with Gasteiger partial charge in [0.05, 0.1) is 9.21 Å². The molecule has 0 N–H and O–H groups in total. The Labute approximate surface area is 118 Å². The van der Waals surface area contributed by atoms with E-state index in [1.54, 1.807) is 11.3 Å². The van der Waals surface area contributed by atoms with Gasteiger partial charge in [0.25, 0.3) is 0 Å². The molecule has 0 spiro atoms. The normalized spacial score (nSPS) is 11.0. The average Bonchev–Trinajstić information content (AvgIpc) is 2.93. The summed E-state index contributed by atoms with van der Waals surface area (Å²) in [6.07, 6.45) is 0. The van der Waals surface area contributed by atoms with E-state index in [2.05, 4.69) is 0 Å². The van der Waals surface area contributed by atoms with Gasteiger partial charge in [-0.1, -0.05) is 29.8 Å². The summed E-state index contributed by atoms with van der Waals surface area (Å²) in [5, 5.41) is 2.95. The number of hydrogen-bond donors (Lipinski definition) is 0. The number of carbonyl (C=O) groups is 1. The number of carbonyl (C=O) groups excluding carboxylic acids is 1. The monoisotopic (exact) mass is 292 g/mol. The lowest BCUT2D eigenvalue weighted by molar-refractivity contribution is 0.104. The lowest BCUT2D eigenvalue weighted by Crippen LogP contribution is -1.96. The third kappa shape index (κ3) is 1.88. The predicted molar refractivity (Wildman–Crippen MR) is 79.3 cm³/mol. The van der Waals surface area contributed by atoms with Gasteiger partial charge in [-0.15, -0.1) is 22.7 Å². The Bertz CT molecular complexity index is 720. The summed E-state index contributed by atoms with van der Waals surface area (Å²) in [5.74, 6) is 0.0625. The molecular formula is C14H9ClOS2. The molecule has 0 fully saturated rings. The number of hydrogen-bond acceptors (Lipinski definition) is 3. The molecule has 18 heavy (non-hydrogen) atoms. The molecule has 0 aliphatic rings. The standard InChI is InChI=1S/C14H9ClOS2/c1-8-6-12(18-14(8)15)13(16)10-7-17-11-5-3-2-4-9(10)11/h2-7H,1H3. The molecule has 1 aromatic carbocycles. The maximum absolute atomic E-state index is 12.4. The number of aryl methyl sites for hydroxylation is 1. The van der Waals surface area contributed by atoms with E-state index < -0.39 is 0 Å². The summed E-state index contributed by atoms with van der Waals surface area (Å²) in [7, 11) is 0. The molecule has 3 rings (SSSR count). The highest BCUT2D eigenvalue weighted by Crippen LogP contribution is 2.32. The summed E-state index contributed by atoms with van der Waals surface area (Å²) in [6, 6.07) is 9.82. The summed E-state index contributed by atoms with van der Waals surface area (Å²) in [6.45, 7) is 1.92. The Morgan fingerprint density at radius 3 is 2.78 bits per heavy atom. The molecule has 4 heteroatoms. The van der Waals surface area contributed by atoms with E-state index in [0.29, 0.717) is 9.21 Å². The first-order valence-electron chi connectivity index (χ1n) is 5.43. The van der Waals surface area contributed by atoms with Crippen molar-refractivity contribution in [3.63, 3.8) is 0 Å². The fourth-order valence-electron chi connectivity index (χ4n) is 1.86. The van der Waals surface area contributed by atoms with Gasteiger partial charge in [0, 0.05) is 21.0 Å². The van der Waals surface area contributed by atoms with E-state index in [-0.39, 0.29) is 5.78 Å². The Morgan fingerprint density at radius 2 is 2.06 bits per heavy atom. The van der Waals surface area contributed by atoms with E-state index in [4.69, 9.17) is 11.6 Å². The molecule has 0 bridgehead atoms. The van der Waals surface area contributed by atoms with Crippen LogP contribution in [0.3, 0.4) is 0 Å². The van der Waals surface area contributed by atoms with Gasteiger partial charge in [-0.25, -0.2) is 0 Å². The van der Waals surface area contributed by atoms with Crippen molar-refractivity contribution in [2.75, 3.05) is 0 Å².